The van der Waals surface area contributed by atoms with Crippen LogP contribution in [0, 0.1) is 18.2 Å². The SMILES string of the molecule is Cc1nc(C(C)Nc2ccc(F)c(C3(C)N=C(N)N(C)C(=O)C3(C)C)c2)c(C(F)(F)F)o1. The second-order valence-corrected chi connectivity index (χ2v) is 8.54. The van der Waals surface area contributed by atoms with Crippen molar-refractivity contribution in [2.75, 3.05) is 12.4 Å². The van der Waals surface area contributed by atoms with Crippen LogP contribution in [-0.4, -0.2) is 28.8 Å². The maximum atomic E-state index is 14.9. The van der Waals surface area contributed by atoms with Gasteiger partial charge in [-0.3, -0.25) is 9.69 Å². The van der Waals surface area contributed by atoms with E-state index in [1.807, 2.05) is 0 Å². The lowest BCUT2D eigenvalue weighted by Gasteiger charge is -2.46. The average molecular weight is 455 g/mol. The van der Waals surface area contributed by atoms with Gasteiger partial charge in [0.1, 0.15) is 17.1 Å². The topological polar surface area (TPSA) is 96.7 Å². The largest absolute Gasteiger partial charge is 0.451 e. The number of benzene rings is 1. The van der Waals surface area contributed by atoms with Gasteiger partial charge in [-0.05, 0) is 45.9 Å². The molecule has 32 heavy (non-hydrogen) atoms. The number of amides is 1. The van der Waals surface area contributed by atoms with Crippen molar-refractivity contribution >= 4 is 17.6 Å². The van der Waals surface area contributed by atoms with Crippen LogP contribution in [0.15, 0.2) is 27.6 Å². The molecule has 174 valence electrons. The van der Waals surface area contributed by atoms with Crippen LogP contribution in [0.4, 0.5) is 23.2 Å². The van der Waals surface area contributed by atoms with Crippen LogP contribution in [-0.2, 0) is 16.5 Å². The molecule has 0 aliphatic carbocycles. The number of carbonyl (C=O) groups is 1. The van der Waals surface area contributed by atoms with E-state index in [0.29, 0.717) is 5.69 Å². The highest BCUT2D eigenvalue weighted by molar-refractivity contribution is 6.01. The summed E-state index contributed by atoms with van der Waals surface area (Å²) in [7, 11) is 1.48. The molecule has 2 unspecified atom stereocenters. The summed E-state index contributed by atoms with van der Waals surface area (Å²) in [6.07, 6.45) is -4.71. The third-order valence-electron chi connectivity index (χ3n) is 6.04. The monoisotopic (exact) mass is 455 g/mol. The number of hydrogen-bond donors (Lipinski definition) is 2. The summed E-state index contributed by atoms with van der Waals surface area (Å²) >= 11 is 0. The normalized spacial score (nSPS) is 22.0. The van der Waals surface area contributed by atoms with E-state index in [0.717, 1.165) is 0 Å². The maximum absolute atomic E-state index is 14.9. The molecule has 0 spiro atoms. The smallest absolute Gasteiger partial charge is 0.436 e. The molecule has 2 heterocycles. The number of nitrogens with two attached hydrogens (primary N) is 1. The number of guanidine groups is 1. The number of halogens is 4. The van der Waals surface area contributed by atoms with E-state index in [4.69, 9.17) is 10.2 Å². The second-order valence-electron chi connectivity index (χ2n) is 8.54. The van der Waals surface area contributed by atoms with Gasteiger partial charge < -0.3 is 15.5 Å². The summed E-state index contributed by atoms with van der Waals surface area (Å²) in [5.74, 6) is -2.34. The molecule has 11 heteroatoms. The first kappa shape index (κ1) is 23.6. The first-order valence-electron chi connectivity index (χ1n) is 9.84. The van der Waals surface area contributed by atoms with Crippen molar-refractivity contribution in [2.24, 2.45) is 16.1 Å². The summed E-state index contributed by atoms with van der Waals surface area (Å²) in [6.45, 7) is 7.68. The van der Waals surface area contributed by atoms with Gasteiger partial charge in [0.2, 0.25) is 11.7 Å². The van der Waals surface area contributed by atoms with Gasteiger partial charge in [-0.15, -0.1) is 0 Å². The fourth-order valence-electron chi connectivity index (χ4n) is 3.82. The molecule has 7 nitrogen and oxygen atoms in total. The van der Waals surface area contributed by atoms with Gasteiger partial charge in [-0.25, -0.2) is 14.4 Å². The Bertz CT molecular complexity index is 1090. The summed E-state index contributed by atoms with van der Waals surface area (Å²) in [5.41, 5.74) is 3.48. The standard InChI is InChI=1S/C21H25F4N5O2/c1-10(15-16(21(23,24)25)32-11(2)28-15)27-12-7-8-14(22)13(9-12)20(5)19(3,4)17(31)30(6)18(26)29-20/h7-10,27H,1-6H3,(H2,26,29). The van der Waals surface area contributed by atoms with Gasteiger partial charge in [-0.1, -0.05) is 0 Å². The van der Waals surface area contributed by atoms with Crippen LogP contribution in [0.3, 0.4) is 0 Å². The Hall–Kier alpha value is -3.11. The Morgan fingerprint density at radius 1 is 1.25 bits per heavy atom. The second kappa shape index (κ2) is 7.49. The highest BCUT2D eigenvalue weighted by atomic mass is 19.4. The third kappa shape index (κ3) is 3.69. The molecule has 0 bridgehead atoms. The quantitative estimate of drug-likeness (QED) is 0.669. The van der Waals surface area contributed by atoms with Crippen LogP contribution in [0.25, 0.3) is 0 Å². The molecule has 0 radical (unpaired) electrons. The van der Waals surface area contributed by atoms with Gasteiger partial charge in [0.15, 0.2) is 11.9 Å². The van der Waals surface area contributed by atoms with Crippen molar-refractivity contribution in [3.63, 3.8) is 0 Å². The number of alkyl halides is 3. The minimum atomic E-state index is -4.71. The van der Waals surface area contributed by atoms with Crippen LogP contribution in [0.2, 0.25) is 0 Å². The van der Waals surface area contributed by atoms with E-state index in [9.17, 15) is 22.4 Å². The molecule has 0 fully saturated rings. The molecular weight excluding hydrogens is 430 g/mol. The highest BCUT2D eigenvalue weighted by Gasteiger charge is 2.54. The molecule has 3 N–H and O–H groups in total. The first-order chi connectivity index (χ1) is 14.6. The lowest BCUT2D eigenvalue weighted by molar-refractivity contribution is -0.154. The highest BCUT2D eigenvalue weighted by Crippen LogP contribution is 2.48. The number of aromatic nitrogens is 1. The predicted molar refractivity (Wildman–Crippen MR) is 110 cm³/mol. The van der Waals surface area contributed by atoms with Crippen LogP contribution < -0.4 is 11.1 Å². The van der Waals surface area contributed by atoms with Crippen molar-refractivity contribution in [1.82, 2.24) is 9.88 Å². The Labute approximate surface area is 182 Å². The molecule has 1 amide bonds. The van der Waals surface area contributed by atoms with E-state index in [1.165, 1.54) is 44.0 Å². The maximum Gasteiger partial charge on any atom is 0.451 e. The number of nitrogens with zero attached hydrogens (tertiary/aromatic N) is 3. The third-order valence-corrected chi connectivity index (χ3v) is 6.04. The zero-order valence-corrected chi connectivity index (χ0v) is 18.6. The summed E-state index contributed by atoms with van der Waals surface area (Å²) in [4.78, 5) is 22.3. The number of aliphatic imine (C=N–C) groups is 1. The van der Waals surface area contributed by atoms with Crippen molar-refractivity contribution in [1.29, 1.82) is 0 Å². The molecular formula is C21H25F4N5O2. The number of rotatable bonds is 4. The van der Waals surface area contributed by atoms with Gasteiger partial charge >= 0.3 is 6.18 Å². The van der Waals surface area contributed by atoms with Crippen molar-refractivity contribution in [2.45, 2.75) is 52.4 Å². The van der Waals surface area contributed by atoms with Crippen molar-refractivity contribution in [3.8, 4) is 0 Å². The number of anilines is 1. The van der Waals surface area contributed by atoms with Crippen molar-refractivity contribution < 1.29 is 26.8 Å². The molecule has 0 saturated carbocycles. The van der Waals surface area contributed by atoms with E-state index >= 15 is 0 Å². The number of aryl methyl sites for hydroxylation is 1. The predicted octanol–water partition coefficient (Wildman–Crippen LogP) is 4.34. The van der Waals surface area contributed by atoms with E-state index < -0.39 is 34.7 Å². The van der Waals surface area contributed by atoms with Crippen LogP contribution in [0.1, 0.15) is 56.6 Å². The molecule has 1 aromatic heterocycles. The number of hydrogen-bond acceptors (Lipinski definition) is 6. The Kier molecular flexibility index (Phi) is 5.51. The zero-order chi connectivity index (χ0) is 24.2. The number of oxazole rings is 1. The molecule has 0 saturated heterocycles. The van der Waals surface area contributed by atoms with Crippen molar-refractivity contribution in [3.05, 3.63) is 46.9 Å². The minimum absolute atomic E-state index is 0.0594. The lowest BCUT2D eigenvalue weighted by atomic mass is 9.67. The molecule has 1 aromatic carbocycles. The zero-order valence-electron chi connectivity index (χ0n) is 18.6. The van der Waals surface area contributed by atoms with E-state index in [-0.39, 0.29) is 29.0 Å². The molecule has 2 atom stereocenters. The fraction of sp³-hybridized carbons (Fsp3) is 0.476. The van der Waals surface area contributed by atoms with Crippen LogP contribution >= 0.6 is 0 Å². The van der Waals surface area contributed by atoms with Gasteiger partial charge in [0.25, 0.3) is 0 Å². The number of nitrogens with one attached hydrogen (secondary N) is 1. The molecule has 1 aliphatic heterocycles. The molecule has 1 aliphatic rings. The van der Waals surface area contributed by atoms with Gasteiger partial charge in [0, 0.05) is 25.2 Å². The summed E-state index contributed by atoms with van der Waals surface area (Å²) in [6, 6.07) is 3.06. The Balaban J connectivity index is 2.03. The van der Waals surface area contributed by atoms with Gasteiger partial charge in [0.05, 0.1) is 11.5 Å². The van der Waals surface area contributed by atoms with E-state index in [2.05, 4.69) is 15.3 Å². The fourth-order valence-corrected chi connectivity index (χ4v) is 3.82. The molecule has 3 rings (SSSR count). The number of carbonyl (C=O) groups excluding carboxylic acids is 1. The van der Waals surface area contributed by atoms with Gasteiger partial charge in [-0.2, -0.15) is 13.2 Å². The lowest BCUT2D eigenvalue weighted by Crippen LogP contribution is -2.58. The first-order valence-corrected chi connectivity index (χ1v) is 9.84. The summed E-state index contributed by atoms with van der Waals surface area (Å²) < 4.78 is 59.5. The average Bonchev–Trinajstić information content (AvgIpc) is 3.09. The summed E-state index contributed by atoms with van der Waals surface area (Å²) in [5, 5.41) is 2.90. The van der Waals surface area contributed by atoms with Crippen LogP contribution in [0.5, 0.6) is 0 Å². The Morgan fingerprint density at radius 2 is 1.88 bits per heavy atom. The van der Waals surface area contributed by atoms with E-state index in [1.54, 1.807) is 20.8 Å². The minimum Gasteiger partial charge on any atom is -0.436 e. The molecule has 2 aromatic rings. The Morgan fingerprint density at radius 3 is 2.47 bits per heavy atom.